The molecule has 8 aromatic rings. The summed E-state index contributed by atoms with van der Waals surface area (Å²) in [6.07, 6.45) is 0. The quantitative estimate of drug-likeness (QED) is 0.187. The Morgan fingerprint density at radius 3 is 1.48 bits per heavy atom. The Morgan fingerprint density at radius 1 is 0.404 bits per heavy atom. The van der Waals surface area contributed by atoms with Crippen molar-refractivity contribution >= 4 is 0 Å². The molecule has 1 spiro atoms. The number of aromatic nitrogens is 3. The molecule has 10 rings (SSSR count). The van der Waals surface area contributed by atoms with Crippen molar-refractivity contribution in [3.8, 4) is 74.0 Å². The summed E-state index contributed by atoms with van der Waals surface area (Å²) < 4.78 is 6.69. The summed E-state index contributed by atoms with van der Waals surface area (Å²) in [5.41, 5.74) is 11.3. The Kier molecular flexibility index (Phi) is 6.70. The van der Waals surface area contributed by atoms with Crippen LogP contribution >= 0.6 is 0 Å². The fourth-order valence-electron chi connectivity index (χ4n) is 8.00. The van der Waals surface area contributed by atoms with Crippen LogP contribution in [0.3, 0.4) is 0 Å². The van der Waals surface area contributed by atoms with E-state index in [4.69, 9.17) is 19.7 Å². The van der Waals surface area contributed by atoms with Crippen molar-refractivity contribution in [2.75, 3.05) is 0 Å². The third kappa shape index (κ3) is 4.45. The lowest BCUT2D eigenvalue weighted by atomic mass is 9.65. The molecule has 1 aliphatic heterocycles. The number of hydrogen-bond acceptors (Lipinski definition) is 5. The highest BCUT2D eigenvalue weighted by Crippen LogP contribution is 2.62. The fraction of sp³-hybridized carbons (Fsp3) is 0.0213. The van der Waals surface area contributed by atoms with Gasteiger partial charge in [-0.2, -0.15) is 5.26 Å². The van der Waals surface area contributed by atoms with E-state index in [-0.39, 0.29) is 0 Å². The highest BCUT2D eigenvalue weighted by atomic mass is 16.5. The Labute approximate surface area is 301 Å². The van der Waals surface area contributed by atoms with Crippen LogP contribution in [0, 0.1) is 11.3 Å². The molecule has 0 amide bonds. The van der Waals surface area contributed by atoms with Crippen molar-refractivity contribution in [2.45, 2.75) is 5.41 Å². The molecule has 0 saturated heterocycles. The molecule has 0 unspecified atom stereocenters. The summed E-state index contributed by atoms with van der Waals surface area (Å²) in [7, 11) is 0. The van der Waals surface area contributed by atoms with E-state index < -0.39 is 5.41 Å². The standard InChI is InChI=1S/C47H28N4O/c48-29-30-23-25-42-40(27-30)47(38-21-11-9-18-35(38)36-19-10-12-22-39(36)47)41-28-33(24-26-43(41)52-42)34-17-7-8-20-37(34)46-50-44(31-13-3-1-4-14-31)49-45(51-46)32-15-5-2-6-16-32/h1-28H. The summed E-state index contributed by atoms with van der Waals surface area (Å²) >= 11 is 0. The first kappa shape index (κ1) is 29.7. The zero-order chi connectivity index (χ0) is 34.6. The van der Waals surface area contributed by atoms with Gasteiger partial charge in [0.25, 0.3) is 0 Å². The van der Waals surface area contributed by atoms with Crippen LogP contribution in [0.15, 0.2) is 170 Å². The predicted molar refractivity (Wildman–Crippen MR) is 204 cm³/mol. The zero-order valence-electron chi connectivity index (χ0n) is 27.9. The molecule has 1 aliphatic carbocycles. The molecule has 0 bridgehead atoms. The molecule has 0 saturated carbocycles. The van der Waals surface area contributed by atoms with Gasteiger partial charge >= 0.3 is 0 Å². The van der Waals surface area contributed by atoms with E-state index in [1.807, 2.05) is 84.9 Å². The van der Waals surface area contributed by atoms with Crippen LogP contribution in [0.2, 0.25) is 0 Å². The highest BCUT2D eigenvalue weighted by Gasteiger charge is 2.51. The first-order chi connectivity index (χ1) is 25.7. The number of nitriles is 1. The molecule has 0 N–H and O–H groups in total. The molecule has 2 heterocycles. The third-order valence-electron chi connectivity index (χ3n) is 10.2. The molecule has 7 aromatic carbocycles. The van der Waals surface area contributed by atoms with Crippen molar-refractivity contribution in [1.82, 2.24) is 15.0 Å². The summed E-state index contributed by atoms with van der Waals surface area (Å²) in [5, 5.41) is 10.1. The van der Waals surface area contributed by atoms with Gasteiger partial charge in [0.15, 0.2) is 17.5 Å². The van der Waals surface area contributed by atoms with Gasteiger partial charge in [0.1, 0.15) is 11.5 Å². The minimum absolute atomic E-state index is 0.590. The molecule has 0 radical (unpaired) electrons. The van der Waals surface area contributed by atoms with Crippen molar-refractivity contribution < 1.29 is 4.74 Å². The summed E-state index contributed by atoms with van der Waals surface area (Å²) in [6, 6.07) is 60.1. The summed E-state index contributed by atoms with van der Waals surface area (Å²) in [4.78, 5) is 15.1. The van der Waals surface area contributed by atoms with E-state index in [1.54, 1.807) is 0 Å². The van der Waals surface area contributed by atoms with Crippen molar-refractivity contribution in [2.24, 2.45) is 0 Å². The van der Waals surface area contributed by atoms with Gasteiger partial charge in [-0.25, -0.2) is 15.0 Å². The topological polar surface area (TPSA) is 71.7 Å². The predicted octanol–water partition coefficient (Wildman–Crippen LogP) is 10.9. The fourth-order valence-corrected chi connectivity index (χ4v) is 8.00. The van der Waals surface area contributed by atoms with Gasteiger partial charge in [0.05, 0.1) is 17.0 Å². The maximum Gasteiger partial charge on any atom is 0.164 e. The normalized spacial score (nSPS) is 12.9. The lowest BCUT2D eigenvalue weighted by molar-refractivity contribution is 0.436. The maximum atomic E-state index is 10.1. The van der Waals surface area contributed by atoms with E-state index >= 15 is 0 Å². The average molecular weight is 665 g/mol. The van der Waals surface area contributed by atoms with Gasteiger partial charge in [0.2, 0.25) is 0 Å². The van der Waals surface area contributed by atoms with Gasteiger partial charge in [0, 0.05) is 27.8 Å². The molecule has 1 aromatic heterocycles. The largest absolute Gasteiger partial charge is 0.457 e. The van der Waals surface area contributed by atoms with Crippen LogP contribution in [-0.4, -0.2) is 15.0 Å². The molecule has 0 atom stereocenters. The second-order valence-corrected chi connectivity index (χ2v) is 13.1. The smallest absolute Gasteiger partial charge is 0.164 e. The average Bonchev–Trinajstić information content (AvgIpc) is 3.52. The lowest BCUT2D eigenvalue weighted by Gasteiger charge is -2.39. The van der Waals surface area contributed by atoms with Crippen molar-refractivity contribution in [3.05, 3.63) is 198 Å². The minimum atomic E-state index is -0.706. The molecule has 52 heavy (non-hydrogen) atoms. The Balaban J connectivity index is 1.22. The van der Waals surface area contributed by atoms with E-state index in [0.29, 0.717) is 23.0 Å². The number of fused-ring (bicyclic) bond motifs is 9. The second-order valence-electron chi connectivity index (χ2n) is 13.1. The van der Waals surface area contributed by atoms with Crippen LogP contribution in [0.5, 0.6) is 11.5 Å². The van der Waals surface area contributed by atoms with Crippen LogP contribution in [-0.2, 0) is 5.41 Å². The number of hydrogen-bond donors (Lipinski definition) is 0. The monoisotopic (exact) mass is 664 g/mol. The molecular weight excluding hydrogens is 637 g/mol. The number of nitrogens with zero attached hydrogens (tertiary/aromatic N) is 4. The second kappa shape index (κ2) is 11.7. The van der Waals surface area contributed by atoms with Crippen LogP contribution in [0.1, 0.15) is 27.8 Å². The molecule has 0 fully saturated rings. The van der Waals surface area contributed by atoms with Gasteiger partial charge in [-0.3, -0.25) is 0 Å². The molecular formula is C47H28N4O. The van der Waals surface area contributed by atoms with Gasteiger partial charge in [-0.15, -0.1) is 0 Å². The minimum Gasteiger partial charge on any atom is -0.457 e. The molecule has 5 nitrogen and oxygen atoms in total. The summed E-state index contributed by atoms with van der Waals surface area (Å²) in [6.45, 7) is 0. The van der Waals surface area contributed by atoms with Gasteiger partial charge in [-0.1, -0.05) is 140 Å². The number of benzene rings is 7. The molecule has 5 heteroatoms. The molecule has 242 valence electrons. The Bertz CT molecular complexity index is 2630. The van der Waals surface area contributed by atoms with Crippen molar-refractivity contribution in [1.29, 1.82) is 5.26 Å². The van der Waals surface area contributed by atoms with E-state index in [9.17, 15) is 5.26 Å². The van der Waals surface area contributed by atoms with Crippen LogP contribution < -0.4 is 4.74 Å². The van der Waals surface area contributed by atoms with Gasteiger partial charge in [-0.05, 0) is 63.7 Å². The maximum absolute atomic E-state index is 10.1. The van der Waals surface area contributed by atoms with Crippen LogP contribution in [0.4, 0.5) is 0 Å². The SMILES string of the molecule is N#Cc1ccc2c(c1)C1(c3cc(-c4ccccc4-c4nc(-c5ccccc5)nc(-c5ccccc5)n4)ccc3O2)c2ccccc2-c2ccccc21. The Hall–Kier alpha value is -7.16. The van der Waals surface area contributed by atoms with Crippen LogP contribution in [0.25, 0.3) is 56.4 Å². The number of rotatable bonds is 4. The van der Waals surface area contributed by atoms with E-state index in [0.717, 1.165) is 50.4 Å². The zero-order valence-corrected chi connectivity index (χ0v) is 27.9. The first-order valence-electron chi connectivity index (χ1n) is 17.3. The van der Waals surface area contributed by atoms with Gasteiger partial charge < -0.3 is 4.74 Å². The summed E-state index contributed by atoms with van der Waals surface area (Å²) in [5.74, 6) is 3.34. The lowest BCUT2D eigenvalue weighted by Crippen LogP contribution is -2.32. The highest BCUT2D eigenvalue weighted by molar-refractivity contribution is 5.90. The first-order valence-corrected chi connectivity index (χ1v) is 17.3. The Morgan fingerprint density at radius 2 is 0.885 bits per heavy atom. The van der Waals surface area contributed by atoms with E-state index in [2.05, 4.69) is 91.0 Å². The number of ether oxygens (including phenoxy) is 1. The van der Waals surface area contributed by atoms with Crippen molar-refractivity contribution in [3.63, 3.8) is 0 Å². The molecule has 2 aliphatic rings. The third-order valence-corrected chi connectivity index (χ3v) is 10.2. The van der Waals surface area contributed by atoms with E-state index in [1.165, 1.54) is 22.3 Å².